The summed E-state index contributed by atoms with van der Waals surface area (Å²) >= 11 is 4.90. The summed E-state index contributed by atoms with van der Waals surface area (Å²) in [5.74, 6) is -0.627. The van der Waals surface area contributed by atoms with Gasteiger partial charge in [-0.25, -0.2) is 18.3 Å². The Labute approximate surface area is 235 Å². The van der Waals surface area contributed by atoms with E-state index in [1.807, 2.05) is 12.1 Å². The Morgan fingerprint density at radius 3 is 2.38 bits per heavy atom. The Balaban J connectivity index is 1.29. The van der Waals surface area contributed by atoms with Crippen LogP contribution in [0.25, 0.3) is 11.1 Å². The SMILES string of the molecule is CC(F)n1cc(-c2ccc(NC(=O)N3CCC(C(=O)/C(=N/I)Nc4ccc(F)c(Br)c4)CC3)cc2)cn1. The molecule has 1 aromatic heterocycles. The molecule has 2 heterocycles. The Morgan fingerprint density at radius 2 is 1.78 bits per heavy atom. The molecule has 1 aliphatic rings. The second-order valence-corrected chi connectivity index (χ2v) is 9.94. The van der Waals surface area contributed by atoms with Gasteiger partial charge in [-0.2, -0.15) is 8.30 Å². The van der Waals surface area contributed by atoms with Gasteiger partial charge in [-0.1, -0.05) is 12.1 Å². The molecule has 0 radical (unpaired) electrons. The molecule has 1 fully saturated rings. The number of rotatable bonds is 6. The van der Waals surface area contributed by atoms with E-state index in [0.717, 1.165) is 11.1 Å². The van der Waals surface area contributed by atoms with Crippen LogP contribution in [0.2, 0.25) is 0 Å². The number of amidine groups is 1. The normalized spacial score (nSPS) is 15.4. The molecule has 1 unspecified atom stereocenters. The van der Waals surface area contributed by atoms with Crippen molar-refractivity contribution in [1.29, 1.82) is 0 Å². The number of likely N-dealkylation sites (tertiary alicyclic amines) is 1. The van der Waals surface area contributed by atoms with E-state index >= 15 is 0 Å². The van der Waals surface area contributed by atoms with Crippen molar-refractivity contribution in [2.45, 2.75) is 26.1 Å². The summed E-state index contributed by atoms with van der Waals surface area (Å²) in [6, 6.07) is 11.4. The lowest BCUT2D eigenvalue weighted by Crippen LogP contribution is -2.44. The van der Waals surface area contributed by atoms with Gasteiger partial charge < -0.3 is 15.5 Å². The van der Waals surface area contributed by atoms with E-state index < -0.39 is 12.1 Å². The van der Waals surface area contributed by atoms with E-state index in [0.29, 0.717) is 37.3 Å². The Kier molecular flexibility index (Phi) is 8.90. The minimum Gasteiger partial charge on any atom is -0.337 e. The van der Waals surface area contributed by atoms with E-state index in [1.165, 1.54) is 23.7 Å². The highest BCUT2D eigenvalue weighted by Gasteiger charge is 2.30. The highest BCUT2D eigenvalue weighted by molar-refractivity contribution is 14.1. The summed E-state index contributed by atoms with van der Waals surface area (Å²) in [7, 11) is 0. The van der Waals surface area contributed by atoms with Crippen LogP contribution in [-0.2, 0) is 4.79 Å². The van der Waals surface area contributed by atoms with Crippen LogP contribution in [-0.4, -0.2) is 45.4 Å². The fraction of sp³-hybridized carbons (Fsp3) is 0.280. The zero-order chi connectivity index (χ0) is 26.5. The summed E-state index contributed by atoms with van der Waals surface area (Å²) in [6.07, 6.45) is 3.03. The highest BCUT2D eigenvalue weighted by Crippen LogP contribution is 2.25. The number of piperidine rings is 1. The molecule has 1 saturated heterocycles. The van der Waals surface area contributed by atoms with Crippen LogP contribution in [0.3, 0.4) is 0 Å². The molecule has 194 valence electrons. The van der Waals surface area contributed by atoms with Crippen LogP contribution in [0.5, 0.6) is 0 Å². The van der Waals surface area contributed by atoms with Crippen LogP contribution in [0, 0.1) is 11.7 Å². The topological polar surface area (TPSA) is 91.6 Å². The van der Waals surface area contributed by atoms with Gasteiger partial charge in [0.1, 0.15) is 5.82 Å². The van der Waals surface area contributed by atoms with Crippen molar-refractivity contribution in [3.8, 4) is 11.1 Å². The molecule has 0 bridgehead atoms. The molecule has 2 aromatic carbocycles. The molecule has 1 atom stereocenters. The van der Waals surface area contributed by atoms with Gasteiger partial charge in [-0.3, -0.25) is 4.79 Å². The summed E-state index contributed by atoms with van der Waals surface area (Å²) in [5, 5.41) is 9.85. The molecule has 1 aliphatic heterocycles. The lowest BCUT2D eigenvalue weighted by Gasteiger charge is -2.31. The predicted molar refractivity (Wildman–Crippen MR) is 151 cm³/mol. The van der Waals surface area contributed by atoms with Crippen molar-refractivity contribution in [3.63, 3.8) is 0 Å². The molecular formula is C25H24BrF2IN6O2. The molecule has 2 N–H and O–H groups in total. The fourth-order valence-electron chi connectivity index (χ4n) is 4.00. The number of anilines is 2. The van der Waals surface area contributed by atoms with Crippen LogP contribution in [0.1, 0.15) is 26.1 Å². The molecular weight excluding hydrogens is 661 g/mol. The molecule has 4 rings (SSSR count). The van der Waals surface area contributed by atoms with E-state index in [2.05, 4.69) is 34.9 Å². The number of carbonyl (C=O) groups is 2. The summed E-state index contributed by atoms with van der Waals surface area (Å²) in [4.78, 5) is 27.5. The molecule has 0 aliphatic carbocycles. The first-order valence-electron chi connectivity index (χ1n) is 11.5. The number of urea groups is 1. The number of aromatic nitrogens is 2. The molecule has 3 aromatic rings. The number of hydrogen-bond donors (Lipinski definition) is 2. The average molecular weight is 685 g/mol. The number of carbonyl (C=O) groups excluding carboxylic acids is 2. The number of amides is 2. The number of alkyl halides is 1. The standard InChI is InChI=1S/C25H24BrF2IN6O2/c1-15(27)35-14-18(13-30-35)16-2-4-19(5-3-16)32-25(37)34-10-8-17(9-11-34)23(36)24(33-29)31-20-6-7-22(28)21(26)12-20/h2-7,12-15,17H,8-11H2,1H3,(H,31,33)(H,32,37). The lowest BCUT2D eigenvalue weighted by molar-refractivity contribution is -0.117. The first kappa shape index (κ1) is 27.2. The van der Waals surface area contributed by atoms with Gasteiger partial charge in [0.15, 0.2) is 12.1 Å². The van der Waals surface area contributed by atoms with Gasteiger partial charge >= 0.3 is 6.03 Å². The fourth-order valence-corrected chi connectivity index (χ4v) is 4.74. The van der Waals surface area contributed by atoms with Gasteiger partial charge in [-0.15, -0.1) is 0 Å². The number of ketones is 1. The third-order valence-corrected chi connectivity index (χ3v) is 7.18. The molecule has 8 nitrogen and oxygen atoms in total. The van der Waals surface area contributed by atoms with Crippen molar-refractivity contribution in [3.05, 3.63) is 65.1 Å². The quantitative estimate of drug-likeness (QED) is 0.174. The monoisotopic (exact) mass is 684 g/mol. The van der Waals surface area contributed by atoms with E-state index in [9.17, 15) is 18.4 Å². The minimum atomic E-state index is -1.21. The number of benzene rings is 2. The van der Waals surface area contributed by atoms with Crippen LogP contribution in [0.15, 0.2) is 62.5 Å². The number of hydrogen-bond acceptors (Lipinski definition) is 4. The van der Waals surface area contributed by atoms with Crippen LogP contribution >= 0.6 is 38.8 Å². The Morgan fingerprint density at radius 1 is 1.11 bits per heavy atom. The summed E-state index contributed by atoms with van der Waals surface area (Å²) in [6.45, 7) is 2.27. The summed E-state index contributed by atoms with van der Waals surface area (Å²) < 4.78 is 32.5. The van der Waals surface area contributed by atoms with Gasteiger partial charge in [-0.05, 0) is 71.6 Å². The third-order valence-electron chi connectivity index (χ3n) is 6.09. The highest BCUT2D eigenvalue weighted by atomic mass is 127. The summed E-state index contributed by atoms with van der Waals surface area (Å²) in [5.41, 5.74) is 2.82. The number of nitrogens with zero attached hydrogens (tertiary/aromatic N) is 4. The molecule has 12 heteroatoms. The lowest BCUT2D eigenvalue weighted by atomic mass is 9.92. The maximum atomic E-state index is 13.5. The van der Waals surface area contributed by atoms with Crippen molar-refractivity contribution >= 4 is 67.8 Å². The number of halogens is 4. The number of Topliss-reactive ketones (excluding diaryl/α,β-unsaturated/α-hetero) is 1. The smallest absolute Gasteiger partial charge is 0.321 e. The van der Waals surface area contributed by atoms with Crippen molar-refractivity contribution in [2.24, 2.45) is 9.12 Å². The van der Waals surface area contributed by atoms with Crippen LogP contribution < -0.4 is 10.6 Å². The number of nitrogens with one attached hydrogen (secondary N) is 2. The van der Waals surface area contributed by atoms with Crippen LogP contribution in [0.4, 0.5) is 25.0 Å². The molecule has 37 heavy (non-hydrogen) atoms. The van der Waals surface area contributed by atoms with Gasteiger partial charge in [0.2, 0.25) is 5.78 Å². The predicted octanol–water partition coefficient (Wildman–Crippen LogP) is 6.61. The molecule has 0 saturated carbocycles. The van der Waals surface area contributed by atoms with Crippen molar-refractivity contribution in [1.82, 2.24) is 14.7 Å². The maximum absolute atomic E-state index is 13.5. The van der Waals surface area contributed by atoms with Gasteiger partial charge in [0.25, 0.3) is 0 Å². The van der Waals surface area contributed by atoms with Gasteiger partial charge in [0.05, 0.1) is 33.5 Å². The Bertz CT molecular complexity index is 1310. The van der Waals surface area contributed by atoms with Gasteiger partial charge in [0, 0.05) is 42.1 Å². The first-order valence-corrected chi connectivity index (χ1v) is 13.3. The van der Waals surface area contributed by atoms with Crippen molar-refractivity contribution in [2.75, 3.05) is 23.7 Å². The Hall–Kier alpha value is -2.87. The average Bonchev–Trinajstić information content (AvgIpc) is 3.40. The van der Waals surface area contributed by atoms with E-state index in [1.54, 1.807) is 58.4 Å². The minimum absolute atomic E-state index is 0.143. The largest absolute Gasteiger partial charge is 0.337 e. The first-order chi connectivity index (χ1) is 17.7. The molecule has 2 amide bonds. The second kappa shape index (κ2) is 12.1. The van der Waals surface area contributed by atoms with E-state index in [4.69, 9.17) is 0 Å². The van der Waals surface area contributed by atoms with Crippen molar-refractivity contribution < 1.29 is 18.4 Å². The zero-order valence-corrected chi connectivity index (χ0v) is 23.5. The molecule has 0 spiro atoms. The van der Waals surface area contributed by atoms with E-state index in [-0.39, 0.29) is 28.0 Å². The second-order valence-electron chi connectivity index (χ2n) is 8.60. The zero-order valence-electron chi connectivity index (χ0n) is 19.8. The maximum Gasteiger partial charge on any atom is 0.321 e. The third kappa shape index (κ3) is 6.72.